The van der Waals surface area contributed by atoms with E-state index in [1.54, 1.807) is 29.2 Å². The van der Waals surface area contributed by atoms with Gasteiger partial charge in [0.1, 0.15) is 0 Å². The first kappa shape index (κ1) is 18.8. The molecule has 152 valence electrons. The van der Waals surface area contributed by atoms with Crippen molar-refractivity contribution in [2.75, 3.05) is 16.8 Å². The van der Waals surface area contributed by atoms with Crippen molar-refractivity contribution in [3.63, 3.8) is 0 Å². The van der Waals surface area contributed by atoms with Crippen LogP contribution in [-0.2, 0) is 9.59 Å². The summed E-state index contributed by atoms with van der Waals surface area (Å²) in [6, 6.07) is 14.4. The second-order valence-electron chi connectivity index (χ2n) is 7.69. The minimum absolute atomic E-state index is 0.0921. The Morgan fingerprint density at radius 2 is 2.00 bits per heavy atom. The summed E-state index contributed by atoms with van der Waals surface area (Å²) < 4.78 is 5.32. The molecular formula is C22H19ClN4O3. The predicted octanol–water partition coefficient (Wildman–Crippen LogP) is 4.26. The van der Waals surface area contributed by atoms with E-state index in [0.29, 0.717) is 40.6 Å². The number of halogens is 1. The Bertz CT molecular complexity index is 1120. The molecule has 30 heavy (non-hydrogen) atoms. The number of amides is 2. The molecule has 2 aromatic carbocycles. The molecule has 2 fully saturated rings. The summed E-state index contributed by atoms with van der Waals surface area (Å²) in [6.07, 6.45) is 2.34. The molecule has 2 amide bonds. The summed E-state index contributed by atoms with van der Waals surface area (Å²) in [6.45, 7) is 0.320. The third-order valence-electron chi connectivity index (χ3n) is 5.37. The molecule has 0 bridgehead atoms. The standard InChI is InChI=1S/C22H19ClN4O3/c23-16-4-2-6-18(11-16)27-12-15(10-19(27)28)21(29)24-17-5-1-3-14(9-17)20-25-22(30-26-20)13-7-8-13/h1-6,9,11,13,15H,7-8,10,12H2,(H,24,29)/t15-/m1/s1. The van der Waals surface area contributed by atoms with E-state index < -0.39 is 5.92 Å². The molecule has 2 heterocycles. The minimum atomic E-state index is -0.438. The first-order valence-electron chi connectivity index (χ1n) is 9.87. The van der Waals surface area contributed by atoms with E-state index in [2.05, 4.69) is 15.5 Å². The molecule has 2 aliphatic rings. The fraction of sp³-hybridized carbons (Fsp3) is 0.273. The zero-order valence-corrected chi connectivity index (χ0v) is 16.8. The van der Waals surface area contributed by atoms with Gasteiger partial charge in [-0.2, -0.15) is 4.98 Å². The third kappa shape index (κ3) is 3.80. The van der Waals surface area contributed by atoms with E-state index in [9.17, 15) is 9.59 Å². The van der Waals surface area contributed by atoms with Crippen molar-refractivity contribution in [1.29, 1.82) is 0 Å². The molecule has 0 unspecified atom stereocenters. The van der Waals surface area contributed by atoms with Crippen molar-refractivity contribution in [2.45, 2.75) is 25.2 Å². The van der Waals surface area contributed by atoms with Gasteiger partial charge < -0.3 is 14.7 Å². The smallest absolute Gasteiger partial charge is 0.230 e. The first-order valence-corrected chi connectivity index (χ1v) is 10.3. The summed E-state index contributed by atoms with van der Waals surface area (Å²) in [5.41, 5.74) is 2.10. The molecule has 1 atom stereocenters. The summed E-state index contributed by atoms with van der Waals surface area (Å²) in [5.74, 6) is 0.840. The summed E-state index contributed by atoms with van der Waals surface area (Å²) in [7, 11) is 0. The zero-order valence-electron chi connectivity index (χ0n) is 16.0. The molecule has 8 heteroatoms. The SMILES string of the molecule is O=C(Nc1cccc(-c2noc(C3CC3)n2)c1)[C@@H]1CC(=O)N(c2cccc(Cl)c2)C1. The zero-order chi connectivity index (χ0) is 20.7. The van der Waals surface area contributed by atoms with Crippen LogP contribution in [0.25, 0.3) is 11.4 Å². The molecule has 1 saturated carbocycles. The topological polar surface area (TPSA) is 88.3 Å². The Hall–Kier alpha value is -3.19. The number of carbonyl (C=O) groups excluding carboxylic acids is 2. The maximum atomic E-state index is 12.8. The fourth-order valence-electron chi connectivity index (χ4n) is 3.61. The van der Waals surface area contributed by atoms with Gasteiger partial charge in [-0.15, -0.1) is 0 Å². The number of hydrogen-bond acceptors (Lipinski definition) is 5. The van der Waals surface area contributed by atoms with Crippen molar-refractivity contribution in [3.8, 4) is 11.4 Å². The van der Waals surface area contributed by atoms with Crippen LogP contribution in [0.2, 0.25) is 5.02 Å². The van der Waals surface area contributed by atoms with Crippen LogP contribution in [0.4, 0.5) is 11.4 Å². The minimum Gasteiger partial charge on any atom is -0.339 e. The van der Waals surface area contributed by atoms with Gasteiger partial charge in [0, 0.05) is 40.8 Å². The maximum Gasteiger partial charge on any atom is 0.230 e. The van der Waals surface area contributed by atoms with Gasteiger partial charge in [0.15, 0.2) is 0 Å². The molecule has 1 N–H and O–H groups in total. The molecule has 0 radical (unpaired) electrons. The lowest BCUT2D eigenvalue weighted by Crippen LogP contribution is -2.28. The molecule has 1 aliphatic heterocycles. The molecule has 1 aliphatic carbocycles. The Morgan fingerprint density at radius 3 is 2.80 bits per heavy atom. The lowest BCUT2D eigenvalue weighted by molar-refractivity contribution is -0.122. The van der Waals surface area contributed by atoms with Crippen molar-refractivity contribution >= 4 is 34.8 Å². The van der Waals surface area contributed by atoms with Gasteiger partial charge in [-0.1, -0.05) is 35.0 Å². The van der Waals surface area contributed by atoms with Gasteiger partial charge in [0.25, 0.3) is 0 Å². The molecule has 5 rings (SSSR count). The second kappa shape index (κ2) is 7.57. The lowest BCUT2D eigenvalue weighted by Gasteiger charge is -2.17. The van der Waals surface area contributed by atoms with Crippen molar-refractivity contribution in [3.05, 3.63) is 59.4 Å². The average Bonchev–Trinajstić information content (AvgIpc) is 3.33. The Labute approximate surface area is 178 Å². The normalized spacial score (nSPS) is 18.6. The highest BCUT2D eigenvalue weighted by atomic mass is 35.5. The number of rotatable bonds is 5. The van der Waals surface area contributed by atoms with E-state index in [0.717, 1.165) is 18.4 Å². The number of aromatic nitrogens is 2. The van der Waals surface area contributed by atoms with Crippen LogP contribution in [0.15, 0.2) is 53.1 Å². The van der Waals surface area contributed by atoms with E-state index in [-0.39, 0.29) is 18.2 Å². The van der Waals surface area contributed by atoms with Crippen LogP contribution in [0, 0.1) is 5.92 Å². The number of anilines is 2. The molecule has 1 saturated heterocycles. The van der Waals surface area contributed by atoms with Crippen LogP contribution in [0.3, 0.4) is 0 Å². The quantitative estimate of drug-likeness (QED) is 0.663. The largest absolute Gasteiger partial charge is 0.339 e. The van der Waals surface area contributed by atoms with Crippen molar-refractivity contribution in [1.82, 2.24) is 10.1 Å². The highest BCUT2D eigenvalue weighted by molar-refractivity contribution is 6.31. The number of carbonyl (C=O) groups is 2. The number of benzene rings is 2. The highest BCUT2D eigenvalue weighted by Gasteiger charge is 2.35. The molecule has 7 nitrogen and oxygen atoms in total. The van der Waals surface area contributed by atoms with Gasteiger partial charge in [0.05, 0.1) is 5.92 Å². The van der Waals surface area contributed by atoms with Gasteiger partial charge in [-0.05, 0) is 43.2 Å². The average molecular weight is 423 g/mol. The predicted molar refractivity (Wildman–Crippen MR) is 112 cm³/mol. The van der Waals surface area contributed by atoms with Crippen LogP contribution in [0.5, 0.6) is 0 Å². The van der Waals surface area contributed by atoms with E-state index in [4.69, 9.17) is 16.1 Å². The fourth-order valence-corrected chi connectivity index (χ4v) is 3.79. The molecule has 0 spiro atoms. The van der Waals surface area contributed by atoms with Crippen LogP contribution >= 0.6 is 11.6 Å². The lowest BCUT2D eigenvalue weighted by atomic mass is 10.1. The van der Waals surface area contributed by atoms with Crippen molar-refractivity contribution < 1.29 is 14.1 Å². The van der Waals surface area contributed by atoms with Crippen LogP contribution < -0.4 is 10.2 Å². The molecular weight excluding hydrogens is 404 g/mol. The van der Waals surface area contributed by atoms with Gasteiger partial charge in [-0.25, -0.2) is 0 Å². The molecule has 1 aromatic heterocycles. The number of nitrogens with zero attached hydrogens (tertiary/aromatic N) is 3. The van der Waals surface area contributed by atoms with E-state index in [1.807, 2.05) is 24.3 Å². The summed E-state index contributed by atoms with van der Waals surface area (Å²) >= 11 is 6.03. The Kier molecular flexibility index (Phi) is 4.75. The van der Waals surface area contributed by atoms with E-state index >= 15 is 0 Å². The first-order chi connectivity index (χ1) is 14.6. The monoisotopic (exact) mass is 422 g/mol. The second-order valence-corrected chi connectivity index (χ2v) is 8.12. The van der Waals surface area contributed by atoms with Gasteiger partial charge >= 0.3 is 0 Å². The highest BCUT2D eigenvalue weighted by Crippen LogP contribution is 2.39. The summed E-state index contributed by atoms with van der Waals surface area (Å²) in [5, 5.41) is 7.51. The maximum absolute atomic E-state index is 12.8. The molecule has 3 aromatic rings. The van der Waals surface area contributed by atoms with Gasteiger partial charge in [-0.3, -0.25) is 9.59 Å². The van der Waals surface area contributed by atoms with Gasteiger partial charge in [0.2, 0.25) is 23.5 Å². The Morgan fingerprint density at radius 1 is 1.17 bits per heavy atom. The number of hydrogen-bond donors (Lipinski definition) is 1. The summed E-state index contributed by atoms with van der Waals surface area (Å²) in [4.78, 5) is 31.3. The number of nitrogens with one attached hydrogen (secondary N) is 1. The van der Waals surface area contributed by atoms with E-state index in [1.165, 1.54) is 0 Å². The van der Waals surface area contributed by atoms with Crippen molar-refractivity contribution in [2.24, 2.45) is 5.92 Å². The third-order valence-corrected chi connectivity index (χ3v) is 5.61. The Balaban J connectivity index is 1.28. The van der Waals surface area contributed by atoms with Crippen LogP contribution in [-0.4, -0.2) is 28.5 Å². The van der Waals surface area contributed by atoms with Crippen LogP contribution in [0.1, 0.15) is 31.1 Å².